The summed E-state index contributed by atoms with van der Waals surface area (Å²) in [4.78, 5) is 0. The van der Waals surface area contributed by atoms with E-state index in [1.165, 1.54) is 11.1 Å². The van der Waals surface area contributed by atoms with E-state index in [0.29, 0.717) is 0 Å². The summed E-state index contributed by atoms with van der Waals surface area (Å²) in [6, 6.07) is 0. The van der Waals surface area contributed by atoms with Crippen molar-refractivity contribution in [2.45, 2.75) is 51.3 Å². The van der Waals surface area contributed by atoms with Crippen LogP contribution in [0.2, 0.25) is 0 Å². The molecule has 0 aromatic rings. The monoisotopic (exact) mass is 212 g/mol. The Kier molecular flexibility index (Phi) is 3.92. The zero-order valence-corrected chi connectivity index (χ0v) is 10.5. The molecule has 0 bridgehead atoms. The first-order valence-electron chi connectivity index (χ1n) is 5.38. The third kappa shape index (κ3) is 2.46. The van der Waals surface area contributed by atoms with Gasteiger partial charge in [-0.3, -0.25) is 0 Å². The Morgan fingerprint density at radius 1 is 1.50 bits per heavy atom. The van der Waals surface area contributed by atoms with Crippen molar-refractivity contribution in [2.75, 3.05) is 0 Å². The average molecular weight is 212 g/mol. The third-order valence-corrected chi connectivity index (χ3v) is 4.37. The van der Waals surface area contributed by atoms with Crippen LogP contribution < -0.4 is 0 Å². The smallest absolute Gasteiger partial charge is 0.0764 e. The van der Waals surface area contributed by atoms with Crippen molar-refractivity contribution >= 4 is 9.24 Å². The van der Waals surface area contributed by atoms with E-state index >= 15 is 0 Å². The summed E-state index contributed by atoms with van der Waals surface area (Å²) in [6.45, 7) is 6.47. The van der Waals surface area contributed by atoms with Crippen molar-refractivity contribution in [1.82, 2.24) is 0 Å². The van der Waals surface area contributed by atoms with Crippen LogP contribution in [0.4, 0.5) is 0 Å². The molecule has 0 aromatic heterocycles. The molecule has 80 valence electrons. The molecule has 2 heteroatoms. The predicted octanol–water partition coefficient (Wildman–Crippen LogP) is 3.06. The van der Waals surface area contributed by atoms with E-state index in [2.05, 4.69) is 36.1 Å². The number of aliphatic hydroxyl groups excluding tert-OH is 1. The molecule has 0 amide bonds. The number of allylic oxidation sites excluding steroid dienone is 2. The van der Waals surface area contributed by atoms with Gasteiger partial charge >= 0.3 is 0 Å². The fourth-order valence-corrected chi connectivity index (χ4v) is 2.22. The first kappa shape index (κ1) is 11.9. The highest BCUT2D eigenvalue weighted by molar-refractivity contribution is 7.19. The van der Waals surface area contributed by atoms with Crippen molar-refractivity contribution < 1.29 is 5.11 Å². The van der Waals surface area contributed by atoms with Crippen LogP contribution in [0.5, 0.6) is 0 Å². The van der Waals surface area contributed by atoms with E-state index in [1.54, 1.807) is 0 Å². The molecule has 1 N–H and O–H groups in total. The maximum Gasteiger partial charge on any atom is 0.0764 e. The molecule has 1 rings (SSSR count). The molecule has 0 heterocycles. The maximum atomic E-state index is 9.68. The topological polar surface area (TPSA) is 20.2 Å². The van der Waals surface area contributed by atoms with E-state index in [-0.39, 0.29) is 11.3 Å². The molecule has 1 aliphatic carbocycles. The molecule has 0 fully saturated rings. The Hall–Kier alpha value is -0.130. The molecule has 0 radical (unpaired) electrons. The van der Waals surface area contributed by atoms with Crippen LogP contribution in [0.3, 0.4) is 0 Å². The second-order valence-corrected chi connectivity index (χ2v) is 5.32. The van der Waals surface area contributed by atoms with Gasteiger partial charge in [-0.25, -0.2) is 0 Å². The lowest BCUT2D eigenvalue weighted by Crippen LogP contribution is -2.26. The molecular weight excluding hydrogens is 191 g/mol. The van der Waals surface area contributed by atoms with Crippen LogP contribution in [0.15, 0.2) is 23.3 Å². The molecule has 0 saturated heterocycles. The van der Waals surface area contributed by atoms with Gasteiger partial charge in [0.2, 0.25) is 0 Å². The molecule has 0 spiro atoms. The standard InChI is InChI=1S/C12H21OP/c1-4-12(14,5-2)10-6-9(3)7-11(13)8-10/h6-7,11,13H,4-5,8,14H2,1-3H3. The Morgan fingerprint density at radius 2 is 2.07 bits per heavy atom. The van der Waals surface area contributed by atoms with E-state index in [1.807, 2.05) is 6.08 Å². The van der Waals surface area contributed by atoms with Crippen LogP contribution in [-0.4, -0.2) is 16.4 Å². The quantitative estimate of drug-likeness (QED) is 0.713. The lowest BCUT2D eigenvalue weighted by atomic mass is 9.84. The normalized spacial score (nSPS) is 23.1. The Morgan fingerprint density at radius 3 is 2.50 bits per heavy atom. The highest BCUT2D eigenvalue weighted by Gasteiger charge is 2.27. The molecule has 14 heavy (non-hydrogen) atoms. The number of rotatable bonds is 3. The largest absolute Gasteiger partial charge is 0.389 e. The molecule has 0 saturated carbocycles. The Bertz CT molecular complexity index is 261. The van der Waals surface area contributed by atoms with Gasteiger partial charge in [0.1, 0.15) is 0 Å². The molecule has 0 aliphatic heterocycles. The minimum Gasteiger partial charge on any atom is -0.389 e. The van der Waals surface area contributed by atoms with Crippen molar-refractivity contribution in [3.8, 4) is 0 Å². The van der Waals surface area contributed by atoms with Crippen LogP contribution in [-0.2, 0) is 0 Å². The minimum absolute atomic E-state index is 0.191. The van der Waals surface area contributed by atoms with Crippen LogP contribution in [0.25, 0.3) is 0 Å². The minimum atomic E-state index is -0.284. The summed E-state index contributed by atoms with van der Waals surface area (Å²) in [6.07, 6.45) is 6.89. The summed E-state index contributed by atoms with van der Waals surface area (Å²) in [5, 5.41) is 9.87. The first-order valence-corrected chi connectivity index (χ1v) is 5.96. The Labute approximate surface area is 89.5 Å². The summed E-state index contributed by atoms with van der Waals surface area (Å²) in [7, 11) is 2.96. The van der Waals surface area contributed by atoms with Gasteiger partial charge in [0.15, 0.2) is 0 Å². The van der Waals surface area contributed by atoms with E-state index in [4.69, 9.17) is 0 Å². The van der Waals surface area contributed by atoms with Gasteiger partial charge in [0.05, 0.1) is 6.10 Å². The lowest BCUT2D eigenvalue weighted by molar-refractivity contribution is 0.217. The number of aliphatic hydroxyl groups is 1. The second kappa shape index (κ2) is 4.59. The van der Waals surface area contributed by atoms with Crippen LogP contribution in [0, 0.1) is 0 Å². The molecule has 1 aliphatic rings. The fourth-order valence-electron chi connectivity index (χ4n) is 2.02. The average Bonchev–Trinajstić information content (AvgIpc) is 2.15. The van der Waals surface area contributed by atoms with Crippen molar-refractivity contribution in [3.63, 3.8) is 0 Å². The lowest BCUT2D eigenvalue weighted by Gasteiger charge is -2.33. The van der Waals surface area contributed by atoms with Crippen molar-refractivity contribution in [1.29, 1.82) is 0 Å². The van der Waals surface area contributed by atoms with Gasteiger partial charge in [-0.05, 0) is 26.2 Å². The first-order chi connectivity index (χ1) is 6.51. The van der Waals surface area contributed by atoms with Gasteiger partial charge in [0, 0.05) is 5.16 Å². The molecule has 1 nitrogen and oxygen atoms in total. The zero-order valence-electron chi connectivity index (χ0n) is 9.38. The Balaban J connectivity index is 2.92. The number of hydrogen-bond donors (Lipinski definition) is 1. The zero-order chi connectivity index (χ0) is 10.8. The molecule has 0 aromatic carbocycles. The fraction of sp³-hybridized carbons (Fsp3) is 0.667. The van der Waals surface area contributed by atoms with Gasteiger partial charge < -0.3 is 5.11 Å². The third-order valence-electron chi connectivity index (χ3n) is 3.19. The van der Waals surface area contributed by atoms with Crippen molar-refractivity contribution in [3.05, 3.63) is 23.3 Å². The van der Waals surface area contributed by atoms with Gasteiger partial charge in [-0.15, -0.1) is 9.24 Å². The SMILES string of the molecule is CCC(P)(CC)C1=CC(C)=CC(O)C1. The molecule has 2 atom stereocenters. The summed E-state index contributed by atoms with van der Waals surface area (Å²) >= 11 is 0. The molecule has 2 unspecified atom stereocenters. The van der Waals surface area contributed by atoms with E-state index < -0.39 is 0 Å². The molecular formula is C12H21OP. The van der Waals surface area contributed by atoms with Gasteiger partial charge in [0.25, 0.3) is 0 Å². The summed E-state index contributed by atoms with van der Waals surface area (Å²) in [5.74, 6) is 0. The van der Waals surface area contributed by atoms with Gasteiger partial charge in [-0.1, -0.05) is 37.1 Å². The number of hydrogen-bond acceptors (Lipinski definition) is 1. The maximum absolute atomic E-state index is 9.68. The highest BCUT2D eigenvalue weighted by Crippen LogP contribution is 2.39. The van der Waals surface area contributed by atoms with Crippen molar-refractivity contribution in [2.24, 2.45) is 0 Å². The van der Waals surface area contributed by atoms with Crippen LogP contribution in [0.1, 0.15) is 40.0 Å². The summed E-state index contributed by atoms with van der Waals surface area (Å²) < 4.78 is 0. The summed E-state index contributed by atoms with van der Waals surface area (Å²) in [5.41, 5.74) is 2.56. The highest BCUT2D eigenvalue weighted by atomic mass is 31.0. The predicted molar refractivity (Wildman–Crippen MR) is 65.5 cm³/mol. The van der Waals surface area contributed by atoms with E-state index in [0.717, 1.165) is 19.3 Å². The van der Waals surface area contributed by atoms with Gasteiger partial charge in [-0.2, -0.15) is 0 Å². The second-order valence-electron chi connectivity index (χ2n) is 4.21. The van der Waals surface area contributed by atoms with E-state index in [9.17, 15) is 5.11 Å². The van der Waals surface area contributed by atoms with Crippen LogP contribution >= 0.6 is 9.24 Å².